The molecule has 88 valence electrons. The first-order valence-electron chi connectivity index (χ1n) is 5.10. The number of nitrogens with one attached hydrogen (secondary N) is 2. The number of rotatable bonds is 3. The molecule has 0 amide bonds. The SMILES string of the molecule is Cc1nccnc1S(=O)(=O)NC1CCNC1. The lowest BCUT2D eigenvalue weighted by molar-refractivity contribution is 0.555. The fraction of sp³-hybridized carbons (Fsp3) is 0.556. The molecule has 1 fully saturated rings. The van der Waals surface area contributed by atoms with E-state index in [9.17, 15) is 8.42 Å². The normalized spacial score (nSPS) is 21.2. The van der Waals surface area contributed by atoms with Crippen LogP contribution in [0.25, 0.3) is 0 Å². The minimum Gasteiger partial charge on any atom is -0.315 e. The van der Waals surface area contributed by atoms with Gasteiger partial charge in [0.05, 0.1) is 5.69 Å². The second kappa shape index (κ2) is 4.44. The first-order valence-corrected chi connectivity index (χ1v) is 6.58. The Morgan fingerprint density at radius 3 is 2.81 bits per heavy atom. The lowest BCUT2D eigenvalue weighted by Crippen LogP contribution is -2.37. The van der Waals surface area contributed by atoms with Gasteiger partial charge in [-0.25, -0.2) is 18.1 Å². The van der Waals surface area contributed by atoms with Gasteiger partial charge in [-0.15, -0.1) is 0 Å². The van der Waals surface area contributed by atoms with E-state index >= 15 is 0 Å². The van der Waals surface area contributed by atoms with Crippen molar-refractivity contribution < 1.29 is 8.42 Å². The zero-order valence-corrected chi connectivity index (χ0v) is 9.79. The molecule has 7 heteroatoms. The summed E-state index contributed by atoms with van der Waals surface area (Å²) >= 11 is 0. The summed E-state index contributed by atoms with van der Waals surface area (Å²) in [7, 11) is -3.54. The summed E-state index contributed by atoms with van der Waals surface area (Å²) in [5, 5.41) is 3.11. The predicted molar refractivity (Wildman–Crippen MR) is 58.4 cm³/mol. The minimum absolute atomic E-state index is 0.0156. The van der Waals surface area contributed by atoms with Crippen molar-refractivity contribution in [2.45, 2.75) is 24.4 Å². The summed E-state index contributed by atoms with van der Waals surface area (Å²) in [6.45, 7) is 3.14. The van der Waals surface area contributed by atoms with Gasteiger partial charge in [-0.1, -0.05) is 0 Å². The quantitative estimate of drug-likeness (QED) is 0.741. The molecule has 0 saturated carbocycles. The molecule has 1 unspecified atom stereocenters. The van der Waals surface area contributed by atoms with Crippen LogP contribution in [-0.2, 0) is 10.0 Å². The number of aromatic nitrogens is 2. The molecular weight excluding hydrogens is 228 g/mol. The van der Waals surface area contributed by atoms with Gasteiger partial charge in [0.1, 0.15) is 0 Å². The Labute approximate surface area is 94.6 Å². The fourth-order valence-corrected chi connectivity index (χ4v) is 3.08. The molecule has 1 atom stereocenters. The zero-order chi connectivity index (χ0) is 11.6. The first-order chi connectivity index (χ1) is 7.59. The highest BCUT2D eigenvalue weighted by molar-refractivity contribution is 7.89. The van der Waals surface area contributed by atoms with Crippen LogP contribution in [0.5, 0.6) is 0 Å². The number of nitrogens with zero attached hydrogens (tertiary/aromatic N) is 2. The number of hydrogen-bond acceptors (Lipinski definition) is 5. The summed E-state index contributed by atoms with van der Waals surface area (Å²) in [5.74, 6) is 0. The largest absolute Gasteiger partial charge is 0.315 e. The summed E-state index contributed by atoms with van der Waals surface area (Å²) in [6.07, 6.45) is 3.67. The molecule has 0 spiro atoms. The van der Waals surface area contributed by atoms with E-state index in [0.29, 0.717) is 12.2 Å². The van der Waals surface area contributed by atoms with Crippen molar-refractivity contribution >= 4 is 10.0 Å². The maximum absolute atomic E-state index is 12.0. The van der Waals surface area contributed by atoms with Gasteiger partial charge in [0, 0.05) is 25.0 Å². The van der Waals surface area contributed by atoms with Gasteiger partial charge >= 0.3 is 0 Å². The smallest absolute Gasteiger partial charge is 0.260 e. The lowest BCUT2D eigenvalue weighted by atomic mass is 10.3. The van der Waals surface area contributed by atoms with Crippen LogP contribution in [-0.4, -0.2) is 37.5 Å². The average molecular weight is 242 g/mol. The Hall–Kier alpha value is -1.05. The summed E-state index contributed by atoms with van der Waals surface area (Å²) in [5.41, 5.74) is 0.418. The van der Waals surface area contributed by atoms with Crippen molar-refractivity contribution in [3.05, 3.63) is 18.1 Å². The van der Waals surface area contributed by atoms with E-state index in [1.54, 1.807) is 6.92 Å². The van der Waals surface area contributed by atoms with Crippen LogP contribution in [0.4, 0.5) is 0 Å². The second-order valence-corrected chi connectivity index (χ2v) is 5.39. The Bertz CT molecular complexity index is 468. The standard InChI is InChI=1S/C9H14N4O2S/c1-7-9(12-5-4-11-7)16(14,15)13-8-2-3-10-6-8/h4-5,8,10,13H,2-3,6H2,1H3. The van der Waals surface area contributed by atoms with E-state index in [4.69, 9.17) is 0 Å². The van der Waals surface area contributed by atoms with Gasteiger partial charge in [0.15, 0.2) is 5.03 Å². The van der Waals surface area contributed by atoms with Crippen LogP contribution in [0.15, 0.2) is 17.4 Å². The van der Waals surface area contributed by atoms with Gasteiger partial charge in [0.2, 0.25) is 0 Å². The molecular formula is C9H14N4O2S. The number of hydrogen-bond donors (Lipinski definition) is 2. The molecule has 0 bridgehead atoms. The number of aryl methyl sites for hydroxylation is 1. The van der Waals surface area contributed by atoms with Crippen molar-refractivity contribution in [3.63, 3.8) is 0 Å². The van der Waals surface area contributed by atoms with E-state index in [1.807, 2.05) is 0 Å². The molecule has 0 aromatic carbocycles. The van der Waals surface area contributed by atoms with E-state index in [-0.39, 0.29) is 11.1 Å². The Morgan fingerprint density at radius 2 is 2.19 bits per heavy atom. The molecule has 2 N–H and O–H groups in total. The van der Waals surface area contributed by atoms with Gasteiger partial charge in [-0.2, -0.15) is 0 Å². The van der Waals surface area contributed by atoms with Gasteiger partial charge in [-0.3, -0.25) is 4.98 Å². The predicted octanol–water partition coefficient (Wildman–Crippen LogP) is -0.575. The summed E-state index contributed by atoms with van der Waals surface area (Å²) < 4.78 is 26.6. The van der Waals surface area contributed by atoms with Crippen LogP contribution >= 0.6 is 0 Å². The van der Waals surface area contributed by atoms with Crippen LogP contribution in [0.1, 0.15) is 12.1 Å². The molecule has 16 heavy (non-hydrogen) atoms. The van der Waals surface area contributed by atoms with E-state index in [1.165, 1.54) is 12.4 Å². The first kappa shape index (κ1) is 11.4. The number of sulfonamides is 1. The molecule has 2 rings (SSSR count). The van der Waals surface area contributed by atoms with Crippen molar-refractivity contribution in [2.75, 3.05) is 13.1 Å². The maximum Gasteiger partial charge on any atom is 0.260 e. The van der Waals surface area contributed by atoms with Gasteiger partial charge in [0.25, 0.3) is 10.0 Å². The molecule has 1 saturated heterocycles. The minimum atomic E-state index is -3.54. The second-order valence-electron chi connectivity index (χ2n) is 3.76. The van der Waals surface area contributed by atoms with Crippen molar-refractivity contribution in [1.82, 2.24) is 20.0 Å². The van der Waals surface area contributed by atoms with Crippen LogP contribution in [0.3, 0.4) is 0 Å². The lowest BCUT2D eigenvalue weighted by Gasteiger charge is -2.11. The monoisotopic (exact) mass is 242 g/mol. The Balaban J connectivity index is 2.21. The Morgan fingerprint density at radius 1 is 1.44 bits per heavy atom. The van der Waals surface area contributed by atoms with Crippen molar-refractivity contribution in [1.29, 1.82) is 0 Å². The molecule has 0 radical (unpaired) electrons. The molecule has 1 aromatic rings. The zero-order valence-electron chi connectivity index (χ0n) is 8.97. The van der Waals surface area contributed by atoms with Crippen LogP contribution < -0.4 is 10.0 Å². The average Bonchev–Trinajstić information content (AvgIpc) is 2.70. The van der Waals surface area contributed by atoms with Crippen LogP contribution in [0.2, 0.25) is 0 Å². The third kappa shape index (κ3) is 2.37. The van der Waals surface area contributed by atoms with E-state index in [2.05, 4.69) is 20.0 Å². The van der Waals surface area contributed by atoms with Crippen LogP contribution in [0, 0.1) is 6.92 Å². The molecule has 1 aliphatic heterocycles. The molecule has 6 nitrogen and oxygen atoms in total. The summed E-state index contributed by atoms with van der Waals surface area (Å²) in [6, 6.07) is -0.0496. The molecule has 2 heterocycles. The fourth-order valence-electron chi connectivity index (χ4n) is 1.69. The third-order valence-corrected chi connectivity index (χ3v) is 4.03. The third-order valence-electron chi connectivity index (χ3n) is 2.47. The highest BCUT2D eigenvalue weighted by Crippen LogP contribution is 2.10. The Kier molecular flexibility index (Phi) is 3.17. The topological polar surface area (TPSA) is 84.0 Å². The van der Waals surface area contributed by atoms with Gasteiger partial charge in [-0.05, 0) is 19.9 Å². The van der Waals surface area contributed by atoms with Gasteiger partial charge < -0.3 is 5.32 Å². The highest BCUT2D eigenvalue weighted by atomic mass is 32.2. The molecule has 1 aromatic heterocycles. The summed E-state index contributed by atoms with van der Waals surface area (Å²) in [4.78, 5) is 7.78. The molecule has 1 aliphatic rings. The van der Waals surface area contributed by atoms with E-state index in [0.717, 1.165) is 13.0 Å². The maximum atomic E-state index is 12.0. The highest BCUT2D eigenvalue weighted by Gasteiger charge is 2.25. The van der Waals surface area contributed by atoms with E-state index < -0.39 is 10.0 Å². The molecule has 0 aliphatic carbocycles. The van der Waals surface area contributed by atoms with Crippen molar-refractivity contribution in [2.24, 2.45) is 0 Å². The van der Waals surface area contributed by atoms with Crippen molar-refractivity contribution in [3.8, 4) is 0 Å².